The maximum Gasteiger partial charge on any atom is 0.150 e. The molecule has 2 N–H and O–H groups in total. The average molecular weight is 429 g/mol. The summed E-state index contributed by atoms with van der Waals surface area (Å²) in [4.78, 5) is 0. The van der Waals surface area contributed by atoms with Crippen molar-refractivity contribution in [1.82, 2.24) is 20.0 Å². The molecule has 8 heteroatoms. The molecule has 1 aromatic carbocycles. The maximum absolute atomic E-state index is 8.98. The molecule has 1 aliphatic heterocycles. The maximum atomic E-state index is 8.98. The van der Waals surface area contributed by atoms with Crippen molar-refractivity contribution in [2.45, 2.75) is 64.4 Å². The summed E-state index contributed by atoms with van der Waals surface area (Å²) in [6.45, 7) is 5.53. The molecule has 4 rings (SSSR count). The highest BCUT2D eigenvalue weighted by Crippen LogP contribution is 2.34. The lowest BCUT2D eigenvalue weighted by atomic mass is 10.1. The van der Waals surface area contributed by atoms with Gasteiger partial charge in [0.25, 0.3) is 0 Å². The van der Waals surface area contributed by atoms with E-state index in [9.17, 15) is 0 Å². The van der Waals surface area contributed by atoms with Gasteiger partial charge in [0.2, 0.25) is 0 Å². The Labute approximate surface area is 182 Å². The van der Waals surface area contributed by atoms with E-state index in [1.165, 1.54) is 0 Å². The summed E-state index contributed by atoms with van der Waals surface area (Å²) in [7, 11) is 0. The van der Waals surface area contributed by atoms with Crippen molar-refractivity contribution in [1.29, 1.82) is 0 Å². The van der Waals surface area contributed by atoms with E-state index in [0.717, 1.165) is 60.2 Å². The lowest BCUT2D eigenvalue weighted by molar-refractivity contribution is -0.0365. The van der Waals surface area contributed by atoms with Gasteiger partial charge < -0.3 is 19.3 Å². The molecule has 1 fully saturated rings. The highest BCUT2D eigenvalue weighted by molar-refractivity contribution is 5.94. The Morgan fingerprint density at radius 1 is 1.26 bits per heavy atom. The fraction of sp³-hybridized carbons (Fsp3) is 0.565. The molecule has 3 aromatic rings. The first-order chi connectivity index (χ1) is 15.2. The van der Waals surface area contributed by atoms with E-state index in [1.807, 2.05) is 30.8 Å². The molecule has 1 unspecified atom stereocenters. The zero-order valence-electron chi connectivity index (χ0n) is 18.3. The number of benzene rings is 1. The lowest BCUT2D eigenvalue weighted by Gasteiger charge is -2.23. The molecule has 3 heterocycles. The Hall–Kier alpha value is -2.42. The van der Waals surface area contributed by atoms with Crippen molar-refractivity contribution < 1.29 is 19.3 Å². The molecule has 0 bridgehead atoms. The molecule has 0 spiro atoms. The summed E-state index contributed by atoms with van der Waals surface area (Å²) in [6.07, 6.45) is 8.30. The number of ether oxygens (including phenoxy) is 3. The van der Waals surface area contributed by atoms with Crippen LogP contribution in [0.25, 0.3) is 22.2 Å². The highest BCUT2D eigenvalue weighted by atomic mass is 16.5. The molecular formula is C23H32N4O4. The van der Waals surface area contributed by atoms with Crippen LogP contribution in [0.2, 0.25) is 0 Å². The van der Waals surface area contributed by atoms with Crippen LogP contribution in [0.4, 0.5) is 0 Å². The number of aliphatic hydroxyl groups excluding tert-OH is 1. The predicted octanol–water partition coefficient (Wildman–Crippen LogP) is 4.07. The molecule has 0 amide bonds. The number of nitrogens with one attached hydrogen (secondary N) is 1. The van der Waals surface area contributed by atoms with Gasteiger partial charge in [-0.1, -0.05) is 0 Å². The molecule has 0 aliphatic carbocycles. The number of hydrogen-bond donors (Lipinski definition) is 2. The number of aromatic nitrogens is 4. The molecule has 168 valence electrons. The number of H-pyrrole nitrogens is 1. The number of fused-ring (bicyclic) bond motifs is 1. The largest absolute Gasteiger partial charge is 0.491 e. The third-order valence-corrected chi connectivity index (χ3v) is 5.68. The third-order valence-electron chi connectivity index (χ3n) is 5.68. The first-order valence-electron chi connectivity index (χ1n) is 11.2. The monoisotopic (exact) mass is 428 g/mol. The van der Waals surface area contributed by atoms with E-state index in [1.54, 1.807) is 6.20 Å². The Bertz CT molecular complexity index is 950. The molecule has 0 radical (unpaired) electrons. The standard InChI is InChI=1S/C23H32N4O4/c1-16(8-10-28)29-12-9-17(2)31-19-6-7-21-20(13-19)23(18-14-24-25-15-18)26-27(21)22-5-3-4-11-30-22/h6-7,13-17,22,28H,3-5,8-12H2,1-2H3,(H,24,25)/t16-,17+,22?/m0/s1. The van der Waals surface area contributed by atoms with Crippen LogP contribution in [0.1, 0.15) is 52.2 Å². The second-order valence-electron chi connectivity index (χ2n) is 8.19. The molecular weight excluding hydrogens is 396 g/mol. The summed E-state index contributed by atoms with van der Waals surface area (Å²) in [5.41, 5.74) is 2.84. The van der Waals surface area contributed by atoms with E-state index in [2.05, 4.69) is 22.3 Å². The molecule has 3 atom stereocenters. The summed E-state index contributed by atoms with van der Waals surface area (Å²) in [6, 6.07) is 6.11. The number of aliphatic hydroxyl groups is 1. The van der Waals surface area contributed by atoms with Gasteiger partial charge in [0.1, 0.15) is 11.4 Å². The van der Waals surface area contributed by atoms with Crippen LogP contribution in [0.3, 0.4) is 0 Å². The summed E-state index contributed by atoms with van der Waals surface area (Å²) >= 11 is 0. The van der Waals surface area contributed by atoms with Gasteiger partial charge in [0, 0.05) is 36.8 Å². The minimum atomic E-state index is -0.0411. The van der Waals surface area contributed by atoms with Gasteiger partial charge in [-0.2, -0.15) is 10.2 Å². The van der Waals surface area contributed by atoms with Crippen molar-refractivity contribution >= 4 is 10.9 Å². The van der Waals surface area contributed by atoms with E-state index < -0.39 is 0 Å². The van der Waals surface area contributed by atoms with Crippen molar-refractivity contribution in [2.75, 3.05) is 19.8 Å². The Morgan fingerprint density at radius 3 is 2.90 bits per heavy atom. The second-order valence-corrected chi connectivity index (χ2v) is 8.19. The van der Waals surface area contributed by atoms with Gasteiger partial charge in [-0.25, -0.2) is 4.68 Å². The Morgan fingerprint density at radius 2 is 2.16 bits per heavy atom. The van der Waals surface area contributed by atoms with Gasteiger partial charge in [-0.15, -0.1) is 0 Å². The topological polar surface area (TPSA) is 94.4 Å². The SMILES string of the molecule is C[C@H](CCO[C@@H](C)CCO)Oc1ccc2c(c1)c(-c1cn[nH]c1)nn2C1CCCCO1. The van der Waals surface area contributed by atoms with Gasteiger partial charge in [-0.3, -0.25) is 5.10 Å². The van der Waals surface area contributed by atoms with Gasteiger partial charge in [-0.05, 0) is 57.7 Å². The van der Waals surface area contributed by atoms with Gasteiger partial charge in [0.15, 0.2) is 6.23 Å². The van der Waals surface area contributed by atoms with E-state index in [4.69, 9.17) is 24.4 Å². The second kappa shape index (κ2) is 10.3. The van der Waals surface area contributed by atoms with E-state index >= 15 is 0 Å². The predicted molar refractivity (Wildman–Crippen MR) is 118 cm³/mol. The fourth-order valence-corrected chi connectivity index (χ4v) is 3.91. The number of rotatable bonds is 10. The van der Waals surface area contributed by atoms with Crippen molar-refractivity contribution in [3.05, 3.63) is 30.6 Å². The first kappa shape index (κ1) is 21.8. The molecule has 8 nitrogen and oxygen atoms in total. The van der Waals surface area contributed by atoms with E-state index in [0.29, 0.717) is 13.0 Å². The molecule has 2 aromatic heterocycles. The minimum absolute atomic E-state index is 0.00729. The summed E-state index contributed by atoms with van der Waals surface area (Å²) < 4.78 is 19.9. The van der Waals surface area contributed by atoms with Crippen LogP contribution in [0.5, 0.6) is 5.75 Å². The summed E-state index contributed by atoms with van der Waals surface area (Å²) in [5.74, 6) is 0.803. The smallest absolute Gasteiger partial charge is 0.150 e. The molecule has 0 saturated carbocycles. The fourth-order valence-electron chi connectivity index (χ4n) is 3.91. The minimum Gasteiger partial charge on any atom is -0.491 e. The van der Waals surface area contributed by atoms with Crippen LogP contribution in [0, 0.1) is 0 Å². The molecule has 31 heavy (non-hydrogen) atoms. The van der Waals surface area contributed by atoms with Crippen molar-refractivity contribution in [3.8, 4) is 17.0 Å². The number of nitrogens with zero attached hydrogens (tertiary/aromatic N) is 3. The van der Waals surface area contributed by atoms with Crippen LogP contribution in [-0.4, -0.2) is 57.1 Å². The van der Waals surface area contributed by atoms with Crippen LogP contribution >= 0.6 is 0 Å². The molecule has 1 saturated heterocycles. The van der Waals surface area contributed by atoms with E-state index in [-0.39, 0.29) is 25.0 Å². The number of aromatic amines is 1. The molecule has 1 aliphatic rings. The number of hydrogen-bond acceptors (Lipinski definition) is 6. The first-order valence-corrected chi connectivity index (χ1v) is 11.2. The normalized spacial score (nSPS) is 18.9. The zero-order chi connectivity index (χ0) is 21.6. The average Bonchev–Trinajstić information content (AvgIpc) is 3.42. The van der Waals surface area contributed by atoms with Crippen LogP contribution < -0.4 is 4.74 Å². The lowest BCUT2D eigenvalue weighted by Crippen LogP contribution is -2.19. The van der Waals surface area contributed by atoms with Crippen molar-refractivity contribution in [3.63, 3.8) is 0 Å². The summed E-state index contributed by atoms with van der Waals surface area (Å²) in [5, 5.41) is 21.9. The van der Waals surface area contributed by atoms with Crippen LogP contribution in [0.15, 0.2) is 30.6 Å². The zero-order valence-corrected chi connectivity index (χ0v) is 18.3. The Kier molecular flexibility index (Phi) is 7.21. The Balaban J connectivity index is 1.52. The highest BCUT2D eigenvalue weighted by Gasteiger charge is 2.22. The van der Waals surface area contributed by atoms with Crippen molar-refractivity contribution in [2.24, 2.45) is 0 Å². The quantitative estimate of drug-likeness (QED) is 0.505. The third kappa shape index (κ3) is 5.26. The van der Waals surface area contributed by atoms with Crippen LogP contribution in [-0.2, 0) is 9.47 Å². The van der Waals surface area contributed by atoms with Gasteiger partial charge >= 0.3 is 0 Å². The van der Waals surface area contributed by atoms with Gasteiger partial charge in [0.05, 0.1) is 30.5 Å².